The molecule has 1 aliphatic rings. The molecule has 0 aliphatic carbocycles. The Morgan fingerprint density at radius 3 is 2.76 bits per heavy atom. The lowest BCUT2D eigenvalue weighted by Crippen LogP contribution is -1.91. The highest BCUT2D eigenvalue weighted by atomic mass is 79.9. The fourth-order valence-corrected chi connectivity index (χ4v) is 2.60. The maximum absolute atomic E-state index is 5.88. The molecular formula is C13H9BrClNO. The molecule has 1 aromatic carbocycles. The first-order valence-electron chi connectivity index (χ1n) is 5.32. The fourth-order valence-electron chi connectivity index (χ4n) is 1.88. The maximum Gasteiger partial charge on any atom is 0.217 e. The monoisotopic (exact) mass is 309 g/mol. The van der Waals surface area contributed by atoms with Crippen LogP contribution in [0.5, 0.6) is 5.88 Å². The summed E-state index contributed by atoms with van der Waals surface area (Å²) in [6, 6.07) is 9.71. The number of ether oxygens (including phenoxy) is 1. The van der Waals surface area contributed by atoms with Crippen LogP contribution in [0.25, 0.3) is 11.3 Å². The second kappa shape index (κ2) is 4.31. The molecule has 86 valence electrons. The smallest absolute Gasteiger partial charge is 0.217 e. The zero-order valence-electron chi connectivity index (χ0n) is 8.91. The zero-order chi connectivity index (χ0) is 11.8. The summed E-state index contributed by atoms with van der Waals surface area (Å²) in [5, 5.41) is 0.724. The van der Waals surface area contributed by atoms with Gasteiger partial charge in [0.2, 0.25) is 5.88 Å². The Labute approximate surface area is 113 Å². The molecule has 1 aromatic heterocycles. The molecule has 0 saturated carbocycles. The molecule has 2 heterocycles. The SMILES string of the molecule is Clc1ccc(-c2nc3c(cc2Br)CCO3)cc1. The van der Waals surface area contributed by atoms with E-state index in [0.717, 1.165) is 45.2 Å². The van der Waals surface area contributed by atoms with Gasteiger partial charge in [0.05, 0.1) is 12.3 Å². The van der Waals surface area contributed by atoms with Crippen molar-refractivity contribution in [3.63, 3.8) is 0 Å². The first-order valence-corrected chi connectivity index (χ1v) is 6.49. The van der Waals surface area contributed by atoms with E-state index in [0.29, 0.717) is 0 Å². The summed E-state index contributed by atoms with van der Waals surface area (Å²) >= 11 is 9.43. The number of halogens is 2. The molecule has 1 aliphatic heterocycles. The summed E-state index contributed by atoms with van der Waals surface area (Å²) in [6.07, 6.45) is 0.932. The molecule has 2 nitrogen and oxygen atoms in total. The van der Waals surface area contributed by atoms with E-state index in [-0.39, 0.29) is 0 Å². The van der Waals surface area contributed by atoms with E-state index < -0.39 is 0 Å². The molecule has 0 spiro atoms. The van der Waals surface area contributed by atoms with Crippen molar-refractivity contribution < 1.29 is 4.74 Å². The summed E-state index contributed by atoms with van der Waals surface area (Å²) in [7, 11) is 0. The second-order valence-corrected chi connectivity index (χ2v) is 5.18. The lowest BCUT2D eigenvalue weighted by molar-refractivity contribution is 0.345. The van der Waals surface area contributed by atoms with Gasteiger partial charge in [-0.25, -0.2) is 4.98 Å². The molecule has 4 heteroatoms. The molecule has 0 amide bonds. The summed E-state index contributed by atoms with van der Waals surface area (Å²) < 4.78 is 6.47. The van der Waals surface area contributed by atoms with Crippen LogP contribution in [0.1, 0.15) is 5.56 Å². The van der Waals surface area contributed by atoms with Gasteiger partial charge < -0.3 is 4.74 Å². The van der Waals surface area contributed by atoms with Gasteiger partial charge in [0.15, 0.2) is 0 Å². The van der Waals surface area contributed by atoms with E-state index in [1.807, 2.05) is 24.3 Å². The fraction of sp³-hybridized carbons (Fsp3) is 0.154. The van der Waals surface area contributed by atoms with Crippen LogP contribution < -0.4 is 4.74 Å². The standard InChI is InChI=1S/C13H9BrClNO/c14-11-7-9-5-6-17-13(9)16-12(11)8-1-3-10(15)4-2-8/h1-4,7H,5-6H2. The molecule has 0 radical (unpaired) electrons. The number of hydrogen-bond donors (Lipinski definition) is 0. The van der Waals surface area contributed by atoms with Crippen LogP contribution in [0.3, 0.4) is 0 Å². The van der Waals surface area contributed by atoms with Crippen molar-refractivity contribution in [1.29, 1.82) is 0 Å². The van der Waals surface area contributed by atoms with Crippen LogP contribution in [-0.4, -0.2) is 11.6 Å². The number of benzene rings is 1. The first kappa shape index (κ1) is 11.1. The van der Waals surface area contributed by atoms with Crippen LogP contribution >= 0.6 is 27.5 Å². The van der Waals surface area contributed by atoms with Crippen LogP contribution in [0.4, 0.5) is 0 Å². The van der Waals surface area contributed by atoms with Crippen molar-refractivity contribution in [2.24, 2.45) is 0 Å². The maximum atomic E-state index is 5.88. The largest absolute Gasteiger partial charge is 0.477 e. The van der Waals surface area contributed by atoms with Crippen molar-refractivity contribution in [2.45, 2.75) is 6.42 Å². The first-order chi connectivity index (χ1) is 8.24. The summed E-state index contributed by atoms with van der Waals surface area (Å²) in [5.74, 6) is 0.748. The second-order valence-electron chi connectivity index (χ2n) is 3.89. The Morgan fingerprint density at radius 2 is 2.00 bits per heavy atom. The van der Waals surface area contributed by atoms with Crippen LogP contribution in [0.15, 0.2) is 34.8 Å². The Kier molecular flexibility index (Phi) is 2.81. The molecule has 0 bridgehead atoms. The Bertz CT molecular complexity index is 568. The Hall–Kier alpha value is -1.06. The molecule has 0 unspecified atom stereocenters. The van der Waals surface area contributed by atoms with Gasteiger partial charge in [-0.05, 0) is 34.1 Å². The molecule has 0 fully saturated rings. The highest BCUT2D eigenvalue weighted by Crippen LogP contribution is 2.34. The lowest BCUT2D eigenvalue weighted by Gasteiger charge is -2.06. The molecule has 2 aromatic rings. The van der Waals surface area contributed by atoms with Gasteiger partial charge in [0.25, 0.3) is 0 Å². The lowest BCUT2D eigenvalue weighted by atomic mass is 10.1. The molecule has 17 heavy (non-hydrogen) atoms. The predicted molar refractivity (Wildman–Crippen MR) is 71.6 cm³/mol. The zero-order valence-corrected chi connectivity index (χ0v) is 11.3. The topological polar surface area (TPSA) is 22.1 Å². The van der Waals surface area contributed by atoms with Crippen molar-refractivity contribution in [1.82, 2.24) is 4.98 Å². The third kappa shape index (κ3) is 2.05. The van der Waals surface area contributed by atoms with E-state index in [2.05, 4.69) is 27.0 Å². The van der Waals surface area contributed by atoms with Gasteiger partial charge in [-0.15, -0.1) is 0 Å². The van der Waals surface area contributed by atoms with Crippen molar-refractivity contribution in [3.8, 4) is 17.1 Å². The van der Waals surface area contributed by atoms with Crippen LogP contribution in [0.2, 0.25) is 5.02 Å². The molecule has 0 N–H and O–H groups in total. The van der Waals surface area contributed by atoms with E-state index in [9.17, 15) is 0 Å². The number of rotatable bonds is 1. The third-order valence-electron chi connectivity index (χ3n) is 2.74. The molecule has 3 rings (SSSR count). The summed E-state index contributed by atoms with van der Waals surface area (Å²) in [5.41, 5.74) is 3.08. The van der Waals surface area contributed by atoms with E-state index in [4.69, 9.17) is 16.3 Å². The molecule has 0 saturated heterocycles. The number of pyridine rings is 1. The average Bonchev–Trinajstić information content (AvgIpc) is 2.76. The van der Waals surface area contributed by atoms with Gasteiger partial charge in [-0.3, -0.25) is 0 Å². The highest BCUT2D eigenvalue weighted by molar-refractivity contribution is 9.10. The Morgan fingerprint density at radius 1 is 1.24 bits per heavy atom. The average molecular weight is 311 g/mol. The highest BCUT2D eigenvalue weighted by Gasteiger charge is 2.17. The van der Waals surface area contributed by atoms with Gasteiger partial charge in [0, 0.05) is 27.0 Å². The minimum atomic E-state index is 0.721. The molecular weight excluding hydrogens is 302 g/mol. The summed E-state index contributed by atoms with van der Waals surface area (Å²) in [4.78, 5) is 4.54. The minimum absolute atomic E-state index is 0.721. The third-order valence-corrected chi connectivity index (χ3v) is 3.60. The van der Waals surface area contributed by atoms with Crippen molar-refractivity contribution in [3.05, 3.63) is 45.4 Å². The normalized spacial score (nSPS) is 13.3. The van der Waals surface area contributed by atoms with Gasteiger partial charge in [0.1, 0.15) is 0 Å². The van der Waals surface area contributed by atoms with Crippen molar-refractivity contribution >= 4 is 27.5 Å². The van der Waals surface area contributed by atoms with E-state index in [1.165, 1.54) is 0 Å². The van der Waals surface area contributed by atoms with Gasteiger partial charge in [-0.1, -0.05) is 23.7 Å². The van der Waals surface area contributed by atoms with E-state index >= 15 is 0 Å². The van der Waals surface area contributed by atoms with Gasteiger partial charge in [-0.2, -0.15) is 0 Å². The van der Waals surface area contributed by atoms with Gasteiger partial charge >= 0.3 is 0 Å². The van der Waals surface area contributed by atoms with E-state index in [1.54, 1.807) is 0 Å². The molecule has 0 atom stereocenters. The number of nitrogens with zero attached hydrogens (tertiary/aromatic N) is 1. The van der Waals surface area contributed by atoms with Crippen LogP contribution in [-0.2, 0) is 6.42 Å². The Balaban J connectivity index is 2.11. The van der Waals surface area contributed by atoms with Crippen LogP contribution in [0, 0.1) is 0 Å². The number of aromatic nitrogens is 1. The number of fused-ring (bicyclic) bond motifs is 1. The predicted octanol–water partition coefficient (Wildman–Crippen LogP) is 4.10. The minimum Gasteiger partial charge on any atom is -0.477 e. The quantitative estimate of drug-likeness (QED) is 0.791. The van der Waals surface area contributed by atoms with Crippen molar-refractivity contribution in [2.75, 3.05) is 6.61 Å². The summed E-state index contributed by atoms with van der Waals surface area (Å²) in [6.45, 7) is 0.721. The number of hydrogen-bond acceptors (Lipinski definition) is 2.